The van der Waals surface area contributed by atoms with Crippen LogP contribution >= 0.6 is 0 Å². The number of fused-ring (bicyclic) bond motifs is 9. The van der Waals surface area contributed by atoms with Gasteiger partial charge in [-0.3, -0.25) is 0 Å². The highest BCUT2D eigenvalue weighted by Crippen LogP contribution is 2.52. The second-order valence-corrected chi connectivity index (χ2v) is 15.9. The minimum Gasteiger partial charge on any atom is -0.456 e. The first kappa shape index (κ1) is 33.5. The van der Waals surface area contributed by atoms with E-state index in [0.29, 0.717) is 17.5 Å². The molecule has 12 rings (SSSR count). The van der Waals surface area contributed by atoms with Gasteiger partial charge in [0.25, 0.3) is 0 Å². The van der Waals surface area contributed by atoms with Crippen LogP contribution in [0.15, 0.2) is 185 Å². The molecule has 0 saturated heterocycles. The van der Waals surface area contributed by atoms with Crippen LogP contribution in [-0.4, -0.2) is 15.0 Å². The molecule has 0 spiro atoms. The lowest BCUT2D eigenvalue weighted by Gasteiger charge is -2.24. The van der Waals surface area contributed by atoms with E-state index in [4.69, 9.17) is 23.8 Å². The van der Waals surface area contributed by atoms with Gasteiger partial charge < -0.3 is 8.83 Å². The van der Waals surface area contributed by atoms with Crippen LogP contribution in [0.1, 0.15) is 25.0 Å². The Morgan fingerprint density at radius 1 is 0.356 bits per heavy atom. The zero-order chi connectivity index (χ0) is 39.2. The number of aromatic nitrogens is 3. The summed E-state index contributed by atoms with van der Waals surface area (Å²) >= 11 is 0. The van der Waals surface area contributed by atoms with Crippen LogP contribution in [0.5, 0.6) is 0 Å². The van der Waals surface area contributed by atoms with Gasteiger partial charge in [0, 0.05) is 43.7 Å². The fourth-order valence-electron chi connectivity index (χ4n) is 9.51. The molecule has 11 aromatic rings. The van der Waals surface area contributed by atoms with E-state index in [9.17, 15) is 0 Å². The Balaban J connectivity index is 1.11. The third-order valence-electron chi connectivity index (χ3n) is 12.2. The molecule has 3 aromatic heterocycles. The van der Waals surface area contributed by atoms with Gasteiger partial charge in [-0.05, 0) is 74.8 Å². The standard InChI is InChI=1S/C54H35N3O2/c1-54(2)43-25-10-8-18-36(43)37-22-12-21-35(50(37)54)33-29-30-45-42(31-33)49-41(24-14-28-47(49)59-45)53-56-51(38-19-7-6-17-34(38)32-15-4-3-5-16-32)55-52(57-53)40-23-13-27-46-48(40)39-20-9-11-26-44(39)58-46/h3-31H,1-2H3. The average Bonchev–Trinajstić information content (AvgIpc) is 3.94. The van der Waals surface area contributed by atoms with E-state index >= 15 is 0 Å². The third-order valence-corrected chi connectivity index (χ3v) is 12.2. The lowest BCUT2D eigenvalue weighted by molar-refractivity contribution is 0.662. The van der Waals surface area contributed by atoms with Gasteiger partial charge in [0.2, 0.25) is 0 Å². The topological polar surface area (TPSA) is 65.0 Å². The maximum Gasteiger partial charge on any atom is 0.164 e. The van der Waals surface area contributed by atoms with Crippen molar-refractivity contribution in [2.45, 2.75) is 19.3 Å². The predicted molar refractivity (Wildman–Crippen MR) is 239 cm³/mol. The van der Waals surface area contributed by atoms with Crippen molar-refractivity contribution in [1.29, 1.82) is 0 Å². The van der Waals surface area contributed by atoms with Gasteiger partial charge in [0.15, 0.2) is 17.5 Å². The molecule has 0 N–H and O–H groups in total. The quantitative estimate of drug-likeness (QED) is 0.175. The van der Waals surface area contributed by atoms with Crippen LogP contribution in [-0.2, 0) is 5.41 Å². The van der Waals surface area contributed by atoms with Crippen LogP contribution in [0.25, 0.3) is 111 Å². The fraction of sp³-hybridized carbons (Fsp3) is 0.0556. The third kappa shape index (κ3) is 5.08. The smallest absolute Gasteiger partial charge is 0.164 e. The summed E-state index contributed by atoms with van der Waals surface area (Å²) in [7, 11) is 0. The van der Waals surface area contributed by atoms with Crippen LogP contribution in [0.2, 0.25) is 0 Å². The number of furan rings is 2. The maximum absolute atomic E-state index is 6.61. The second kappa shape index (κ2) is 12.7. The normalized spacial score (nSPS) is 13.1. The summed E-state index contributed by atoms with van der Waals surface area (Å²) < 4.78 is 12.9. The van der Waals surface area contributed by atoms with Crippen molar-refractivity contribution in [2.24, 2.45) is 0 Å². The molecular formula is C54H35N3O2. The largest absolute Gasteiger partial charge is 0.456 e. The highest BCUT2D eigenvalue weighted by atomic mass is 16.3. The highest BCUT2D eigenvalue weighted by molar-refractivity contribution is 6.14. The van der Waals surface area contributed by atoms with Crippen LogP contribution in [0.3, 0.4) is 0 Å². The van der Waals surface area contributed by atoms with Crippen molar-refractivity contribution >= 4 is 43.9 Å². The van der Waals surface area contributed by atoms with Crippen molar-refractivity contribution in [3.63, 3.8) is 0 Å². The van der Waals surface area contributed by atoms with Crippen molar-refractivity contribution < 1.29 is 8.83 Å². The van der Waals surface area contributed by atoms with Gasteiger partial charge >= 0.3 is 0 Å². The fourth-order valence-corrected chi connectivity index (χ4v) is 9.51. The number of para-hydroxylation sites is 1. The Labute approximate surface area is 340 Å². The van der Waals surface area contributed by atoms with E-state index in [1.165, 1.54) is 27.8 Å². The minimum absolute atomic E-state index is 0.155. The summed E-state index contributed by atoms with van der Waals surface area (Å²) in [5.41, 5.74) is 15.5. The average molecular weight is 758 g/mol. The number of nitrogens with zero attached hydrogens (tertiary/aromatic N) is 3. The summed E-state index contributed by atoms with van der Waals surface area (Å²) in [6.07, 6.45) is 0. The van der Waals surface area contributed by atoms with Gasteiger partial charge in [-0.1, -0.05) is 159 Å². The number of hydrogen-bond donors (Lipinski definition) is 0. The molecule has 278 valence electrons. The Morgan fingerprint density at radius 3 is 1.61 bits per heavy atom. The summed E-state index contributed by atoms with van der Waals surface area (Å²) in [6, 6.07) is 61.2. The zero-order valence-corrected chi connectivity index (χ0v) is 32.4. The lowest BCUT2D eigenvalue weighted by Crippen LogP contribution is -2.16. The minimum atomic E-state index is -0.155. The molecular weight excluding hydrogens is 723 g/mol. The summed E-state index contributed by atoms with van der Waals surface area (Å²) in [6.45, 7) is 4.67. The number of benzene rings is 8. The van der Waals surface area contributed by atoms with Gasteiger partial charge in [0.05, 0.1) is 0 Å². The van der Waals surface area contributed by atoms with E-state index in [1.807, 2.05) is 54.6 Å². The van der Waals surface area contributed by atoms with Crippen molar-refractivity contribution in [1.82, 2.24) is 15.0 Å². The molecule has 5 heteroatoms. The Hall–Kier alpha value is -7.63. The molecule has 1 aliphatic carbocycles. The monoisotopic (exact) mass is 757 g/mol. The van der Waals surface area contributed by atoms with Crippen molar-refractivity contribution in [3.8, 4) is 67.5 Å². The van der Waals surface area contributed by atoms with E-state index in [1.54, 1.807) is 0 Å². The van der Waals surface area contributed by atoms with E-state index in [-0.39, 0.29) is 5.41 Å². The summed E-state index contributed by atoms with van der Waals surface area (Å²) in [5.74, 6) is 1.71. The first-order valence-corrected chi connectivity index (χ1v) is 20.0. The molecule has 3 heterocycles. The molecule has 0 saturated carbocycles. The second-order valence-electron chi connectivity index (χ2n) is 15.9. The molecule has 0 bridgehead atoms. The molecule has 1 aliphatic rings. The van der Waals surface area contributed by atoms with E-state index < -0.39 is 0 Å². The molecule has 5 nitrogen and oxygen atoms in total. The van der Waals surface area contributed by atoms with Gasteiger partial charge in [-0.15, -0.1) is 0 Å². The molecule has 0 aliphatic heterocycles. The Morgan fingerprint density at radius 2 is 0.864 bits per heavy atom. The van der Waals surface area contributed by atoms with Gasteiger partial charge in [-0.25, -0.2) is 15.0 Å². The van der Waals surface area contributed by atoms with Gasteiger partial charge in [-0.2, -0.15) is 0 Å². The van der Waals surface area contributed by atoms with E-state index in [0.717, 1.165) is 77.3 Å². The zero-order valence-electron chi connectivity index (χ0n) is 32.4. The van der Waals surface area contributed by atoms with Crippen LogP contribution in [0.4, 0.5) is 0 Å². The lowest BCUT2D eigenvalue weighted by atomic mass is 9.79. The first-order valence-electron chi connectivity index (χ1n) is 20.0. The Kier molecular flexibility index (Phi) is 7.20. The Bertz CT molecular complexity index is 3480. The molecule has 8 aromatic carbocycles. The predicted octanol–water partition coefficient (Wildman–Crippen LogP) is 14.3. The molecule has 0 unspecified atom stereocenters. The van der Waals surface area contributed by atoms with Crippen molar-refractivity contribution in [3.05, 3.63) is 187 Å². The van der Waals surface area contributed by atoms with Gasteiger partial charge in [0.1, 0.15) is 22.3 Å². The molecule has 0 amide bonds. The maximum atomic E-state index is 6.61. The number of hydrogen-bond acceptors (Lipinski definition) is 5. The summed E-state index contributed by atoms with van der Waals surface area (Å²) in [5, 5.41) is 3.96. The van der Waals surface area contributed by atoms with E-state index in [2.05, 4.69) is 135 Å². The molecule has 0 fully saturated rings. The first-order chi connectivity index (χ1) is 29.0. The molecule has 0 radical (unpaired) electrons. The summed E-state index contributed by atoms with van der Waals surface area (Å²) in [4.78, 5) is 16.0. The van der Waals surface area contributed by atoms with Crippen molar-refractivity contribution in [2.75, 3.05) is 0 Å². The number of rotatable bonds is 5. The molecule has 0 atom stereocenters. The SMILES string of the molecule is CC1(C)c2ccccc2-c2cccc(-c3ccc4oc5cccc(-c6nc(-c7ccccc7-c7ccccc7)nc(-c7cccc8oc9ccccc9c78)n6)c5c4c3)c21. The van der Waals surface area contributed by atoms with Crippen LogP contribution < -0.4 is 0 Å². The molecule has 59 heavy (non-hydrogen) atoms. The highest BCUT2D eigenvalue weighted by Gasteiger charge is 2.37. The van der Waals surface area contributed by atoms with Crippen LogP contribution in [0, 0.1) is 0 Å².